The van der Waals surface area contributed by atoms with E-state index in [1.54, 1.807) is 17.0 Å². The van der Waals surface area contributed by atoms with Crippen molar-refractivity contribution in [3.05, 3.63) is 95.6 Å². The van der Waals surface area contributed by atoms with Crippen molar-refractivity contribution < 1.29 is 36.4 Å². The van der Waals surface area contributed by atoms with E-state index in [0.29, 0.717) is 43.0 Å². The zero-order valence-electron chi connectivity index (χ0n) is 23.2. The Hall–Kier alpha value is -3.38. The smallest absolute Gasteiger partial charge is 0.266 e. The van der Waals surface area contributed by atoms with E-state index in [1.165, 1.54) is 36.4 Å². The molecule has 3 aromatic carbocycles. The Labute approximate surface area is 245 Å². The topological polar surface area (TPSA) is 116 Å². The second kappa shape index (κ2) is 14.7. The molecule has 1 saturated heterocycles. The first-order valence-corrected chi connectivity index (χ1v) is 15.6. The number of aliphatic hydroxyl groups is 1. The van der Waals surface area contributed by atoms with E-state index < -0.39 is 22.0 Å². The van der Waals surface area contributed by atoms with E-state index in [1.807, 2.05) is 24.3 Å². The van der Waals surface area contributed by atoms with E-state index >= 15 is 0 Å². The van der Waals surface area contributed by atoms with Gasteiger partial charge in [0.2, 0.25) is 5.91 Å². The Balaban J connectivity index is 1.32. The molecule has 0 spiro atoms. The maximum absolute atomic E-state index is 13.6. The molecular formula is C31H36F2N2O6S. The zero-order chi connectivity index (χ0) is 30.1. The number of anilines is 1. The summed E-state index contributed by atoms with van der Waals surface area (Å²) in [5.74, 6) is -0.883. The summed E-state index contributed by atoms with van der Waals surface area (Å²) in [5.41, 5.74) is 2.07. The van der Waals surface area contributed by atoms with Crippen LogP contribution < -0.4 is 15.0 Å². The molecular weight excluding hydrogens is 566 g/mol. The van der Waals surface area contributed by atoms with Crippen LogP contribution in [0.1, 0.15) is 55.4 Å². The quantitative estimate of drug-likeness (QED) is 0.117. The predicted molar refractivity (Wildman–Crippen MR) is 156 cm³/mol. The van der Waals surface area contributed by atoms with Crippen molar-refractivity contribution in [2.24, 2.45) is 5.92 Å². The lowest BCUT2D eigenvalue weighted by atomic mass is 9.78. The molecule has 4 rings (SSSR count). The van der Waals surface area contributed by atoms with Crippen molar-refractivity contribution in [1.29, 1.82) is 0 Å². The third-order valence-electron chi connectivity index (χ3n) is 7.35. The van der Waals surface area contributed by atoms with Crippen LogP contribution in [0.4, 0.5) is 14.5 Å². The number of hydrogen-bond acceptors (Lipinski definition) is 6. The molecule has 1 amide bonds. The second-order valence-corrected chi connectivity index (χ2v) is 12.0. The van der Waals surface area contributed by atoms with E-state index in [0.717, 1.165) is 24.8 Å². The van der Waals surface area contributed by atoms with E-state index in [2.05, 4.69) is 5.32 Å². The SMILES string of the molecule is O=C1C(CCC(O)c2ccc(F)cc2)C(c2ccc(OCCCCCNCCS(=O)(=O)O)cc2)N1c1ccc(F)cc1. The molecule has 226 valence electrons. The molecule has 1 fully saturated rings. The fraction of sp³-hybridized carbons (Fsp3) is 0.387. The van der Waals surface area contributed by atoms with Gasteiger partial charge in [-0.05, 0) is 98.3 Å². The van der Waals surface area contributed by atoms with Crippen LogP contribution in [-0.2, 0) is 14.9 Å². The fourth-order valence-electron chi connectivity index (χ4n) is 5.10. The van der Waals surface area contributed by atoms with Gasteiger partial charge in [-0.2, -0.15) is 8.42 Å². The highest BCUT2D eigenvalue weighted by molar-refractivity contribution is 7.85. The van der Waals surface area contributed by atoms with Crippen molar-refractivity contribution in [2.45, 2.75) is 44.2 Å². The third-order valence-corrected chi connectivity index (χ3v) is 8.07. The molecule has 8 nitrogen and oxygen atoms in total. The van der Waals surface area contributed by atoms with Gasteiger partial charge in [0.25, 0.3) is 10.1 Å². The number of nitrogens with zero attached hydrogens (tertiary/aromatic N) is 1. The molecule has 3 N–H and O–H groups in total. The molecule has 3 aromatic rings. The van der Waals surface area contributed by atoms with Crippen LogP contribution in [0.15, 0.2) is 72.8 Å². The van der Waals surface area contributed by atoms with Crippen molar-refractivity contribution in [1.82, 2.24) is 5.32 Å². The lowest BCUT2D eigenvalue weighted by molar-refractivity contribution is -0.131. The Kier molecular flexibility index (Phi) is 11.0. The second-order valence-electron chi connectivity index (χ2n) is 10.4. The molecule has 11 heteroatoms. The van der Waals surface area contributed by atoms with Crippen LogP contribution in [0.5, 0.6) is 5.75 Å². The average Bonchev–Trinajstić information content (AvgIpc) is 2.96. The fourth-order valence-corrected chi connectivity index (χ4v) is 5.50. The van der Waals surface area contributed by atoms with Crippen molar-refractivity contribution in [3.8, 4) is 5.75 Å². The highest BCUT2D eigenvalue weighted by Gasteiger charge is 2.48. The molecule has 1 aliphatic heterocycles. The number of benzene rings is 3. The van der Waals surface area contributed by atoms with Gasteiger partial charge in [0, 0.05) is 12.2 Å². The molecule has 42 heavy (non-hydrogen) atoms. The van der Waals surface area contributed by atoms with Crippen molar-refractivity contribution >= 4 is 21.7 Å². The molecule has 3 atom stereocenters. The van der Waals surface area contributed by atoms with Crippen LogP contribution in [0.2, 0.25) is 0 Å². The lowest BCUT2D eigenvalue weighted by Gasteiger charge is -2.48. The Bertz CT molecular complexity index is 1400. The van der Waals surface area contributed by atoms with Gasteiger partial charge in [-0.3, -0.25) is 9.35 Å². The first kappa shape index (κ1) is 31.6. The van der Waals surface area contributed by atoms with Crippen LogP contribution in [-0.4, -0.2) is 49.4 Å². The van der Waals surface area contributed by atoms with Crippen molar-refractivity contribution in [3.63, 3.8) is 0 Å². The van der Waals surface area contributed by atoms with Crippen molar-refractivity contribution in [2.75, 3.05) is 30.3 Å². The predicted octanol–water partition coefficient (Wildman–Crippen LogP) is 5.21. The van der Waals surface area contributed by atoms with E-state index in [4.69, 9.17) is 9.29 Å². The summed E-state index contributed by atoms with van der Waals surface area (Å²) in [6, 6.07) is 18.7. The highest BCUT2D eigenvalue weighted by Crippen LogP contribution is 2.46. The maximum atomic E-state index is 13.6. The largest absolute Gasteiger partial charge is 0.494 e. The number of halogens is 2. The summed E-state index contributed by atoms with van der Waals surface area (Å²) in [7, 11) is -3.94. The highest BCUT2D eigenvalue weighted by atomic mass is 32.2. The zero-order valence-corrected chi connectivity index (χ0v) is 24.0. The normalized spacial score (nSPS) is 17.6. The number of carbonyl (C=O) groups excluding carboxylic acids is 1. The molecule has 0 bridgehead atoms. The van der Waals surface area contributed by atoms with Gasteiger partial charge in [0.15, 0.2) is 0 Å². The number of hydrogen-bond donors (Lipinski definition) is 3. The molecule has 0 aliphatic carbocycles. The van der Waals surface area contributed by atoms with Crippen LogP contribution >= 0.6 is 0 Å². The van der Waals surface area contributed by atoms with Gasteiger partial charge in [-0.15, -0.1) is 0 Å². The van der Waals surface area contributed by atoms with Crippen LogP contribution in [0.3, 0.4) is 0 Å². The molecule has 0 aromatic heterocycles. The Morgan fingerprint density at radius 2 is 1.52 bits per heavy atom. The number of carbonyl (C=O) groups is 1. The first-order valence-electron chi connectivity index (χ1n) is 14.0. The standard InChI is InChI=1S/C31H36F2N2O6S/c32-24-8-4-22(5-9-24)29(36)17-16-28-30(35(31(28)37)26-12-10-25(33)11-13-26)23-6-14-27(15-7-23)41-20-3-1-2-18-34-19-21-42(38,39)40/h4-15,28-30,34,36H,1-3,16-21H2,(H,38,39,40). The third kappa shape index (κ3) is 8.81. The van der Waals surface area contributed by atoms with Gasteiger partial charge in [0.05, 0.1) is 30.4 Å². The average molecular weight is 603 g/mol. The van der Waals surface area contributed by atoms with E-state index in [-0.39, 0.29) is 36.0 Å². The number of unbranched alkanes of at least 4 members (excludes halogenated alkanes) is 2. The van der Waals surface area contributed by atoms with E-state index in [9.17, 15) is 27.1 Å². The van der Waals surface area contributed by atoms with Gasteiger partial charge in [-0.1, -0.05) is 24.3 Å². The monoisotopic (exact) mass is 602 g/mol. The van der Waals surface area contributed by atoms with Crippen LogP contribution in [0, 0.1) is 17.6 Å². The minimum atomic E-state index is -3.94. The minimum Gasteiger partial charge on any atom is -0.494 e. The van der Waals surface area contributed by atoms with Crippen LogP contribution in [0.25, 0.3) is 0 Å². The maximum Gasteiger partial charge on any atom is 0.266 e. The Morgan fingerprint density at radius 3 is 2.17 bits per heavy atom. The summed E-state index contributed by atoms with van der Waals surface area (Å²) < 4.78 is 62.8. The number of amides is 1. The molecule has 0 saturated carbocycles. The molecule has 3 unspecified atom stereocenters. The number of nitrogens with one attached hydrogen (secondary N) is 1. The molecule has 1 aliphatic rings. The summed E-state index contributed by atoms with van der Waals surface area (Å²) >= 11 is 0. The van der Waals surface area contributed by atoms with Gasteiger partial charge in [-0.25, -0.2) is 8.78 Å². The number of rotatable bonds is 16. The van der Waals surface area contributed by atoms with Gasteiger partial charge >= 0.3 is 0 Å². The minimum absolute atomic E-state index is 0.106. The first-order chi connectivity index (χ1) is 20.1. The van der Waals surface area contributed by atoms with Gasteiger partial charge < -0.3 is 20.1 Å². The lowest BCUT2D eigenvalue weighted by Crippen LogP contribution is -2.55. The summed E-state index contributed by atoms with van der Waals surface area (Å²) in [5, 5.41) is 13.6. The summed E-state index contributed by atoms with van der Waals surface area (Å²) in [6.07, 6.45) is 2.46. The number of β-lactam (4-membered cyclic amide) rings is 1. The summed E-state index contributed by atoms with van der Waals surface area (Å²) in [4.78, 5) is 14.9. The number of aliphatic hydroxyl groups excluding tert-OH is 1. The molecule has 1 heterocycles. The Morgan fingerprint density at radius 1 is 0.881 bits per heavy atom. The number of ether oxygens (including phenoxy) is 1. The molecule has 0 radical (unpaired) electrons. The van der Waals surface area contributed by atoms with Gasteiger partial charge in [0.1, 0.15) is 17.4 Å². The summed E-state index contributed by atoms with van der Waals surface area (Å²) in [6.45, 7) is 1.37.